The van der Waals surface area contributed by atoms with Crippen LogP contribution in [0.1, 0.15) is 52.9 Å². The summed E-state index contributed by atoms with van der Waals surface area (Å²) < 4.78 is 6.03. The average Bonchev–Trinajstić information content (AvgIpc) is 2.90. The molecular weight excluding hydrogens is 362 g/mol. The van der Waals surface area contributed by atoms with Gasteiger partial charge in [-0.05, 0) is 39.3 Å². The van der Waals surface area contributed by atoms with Gasteiger partial charge in [0.1, 0.15) is 22.0 Å². The first kappa shape index (κ1) is 17.7. The van der Waals surface area contributed by atoms with Crippen LogP contribution in [0.15, 0.2) is 29.1 Å². The lowest BCUT2D eigenvalue weighted by Gasteiger charge is -2.37. The number of thiophene rings is 1. The largest absolute Gasteiger partial charge is 0.487 e. The molecule has 0 saturated carbocycles. The van der Waals surface area contributed by atoms with Gasteiger partial charge in [-0.3, -0.25) is 9.59 Å². The first-order valence-corrected chi connectivity index (χ1v) is 9.65. The molecule has 0 radical (unpaired) electrons. The van der Waals surface area contributed by atoms with Crippen LogP contribution in [0.5, 0.6) is 5.75 Å². The van der Waals surface area contributed by atoms with Gasteiger partial charge in [0.25, 0.3) is 11.5 Å². The van der Waals surface area contributed by atoms with Crippen LogP contribution in [-0.2, 0) is 0 Å². The minimum absolute atomic E-state index is 0.157. The molecule has 1 aliphatic rings. The molecule has 1 atom stereocenters. The molecule has 6 nitrogen and oxygen atoms in total. The van der Waals surface area contributed by atoms with Crippen LogP contribution in [0.3, 0.4) is 0 Å². The van der Waals surface area contributed by atoms with Crippen LogP contribution >= 0.6 is 11.3 Å². The van der Waals surface area contributed by atoms with Gasteiger partial charge in [0.15, 0.2) is 0 Å². The maximum atomic E-state index is 13.0. The summed E-state index contributed by atoms with van der Waals surface area (Å²) in [6, 6.07) is 7.61. The van der Waals surface area contributed by atoms with Crippen molar-refractivity contribution in [2.75, 3.05) is 0 Å². The third kappa shape index (κ3) is 3.12. The average molecular weight is 383 g/mol. The zero-order chi connectivity index (χ0) is 19.3. The fourth-order valence-corrected chi connectivity index (χ4v) is 4.75. The van der Waals surface area contributed by atoms with Crippen LogP contribution in [-0.4, -0.2) is 21.5 Å². The van der Waals surface area contributed by atoms with Crippen molar-refractivity contribution in [1.29, 1.82) is 0 Å². The first-order valence-electron chi connectivity index (χ1n) is 8.84. The quantitative estimate of drug-likeness (QED) is 0.708. The van der Waals surface area contributed by atoms with Gasteiger partial charge >= 0.3 is 0 Å². The summed E-state index contributed by atoms with van der Waals surface area (Å²) >= 11 is 1.26. The predicted molar refractivity (Wildman–Crippen MR) is 106 cm³/mol. The molecule has 2 N–H and O–H groups in total. The van der Waals surface area contributed by atoms with E-state index in [0.717, 1.165) is 11.3 Å². The number of aromatic nitrogens is 2. The van der Waals surface area contributed by atoms with E-state index in [1.165, 1.54) is 11.3 Å². The Kier molecular flexibility index (Phi) is 4.07. The fourth-order valence-electron chi connectivity index (χ4n) is 3.62. The molecule has 0 aliphatic carbocycles. The van der Waals surface area contributed by atoms with E-state index >= 15 is 0 Å². The molecule has 3 aromatic rings. The van der Waals surface area contributed by atoms with Gasteiger partial charge in [0.05, 0.1) is 16.3 Å². The summed E-state index contributed by atoms with van der Waals surface area (Å²) in [4.78, 5) is 33.5. The van der Waals surface area contributed by atoms with Gasteiger partial charge in [-0.15, -0.1) is 11.3 Å². The highest BCUT2D eigenvalue weighted by Crippen LogP contribution is 2.39. The molecule has 0 unspecified atom stereocenters. The Morgan fingerprint density at radius 3 is 2.85 bits per heavy atom. The lowest BCUT2D eigenvalue weighted by atomic mass is 9.89. The predicted octanol–water partition coefficient (Wildman–Crippen LogP) is 3.63. The van der Waals surface area contributed by atoms with Gasteiger partial charge in [-0.25, -0.2) is 4.98 Å². The summed E-state index contributed by atoms with van der Waals surface area (Å²) in [6.07, 6.45) is 0.664. The molecule has 0 bridgehead atoms. The number of aryl methyl sites for hydroxylation is 2. The number of hydrogen-bond donors (Lipinski definition) is 2. The van der Waals surface area contributed by atoms with E-state index in [1.807, 2.05) is 38.1 Å². The minimum atomic E-state index is -0.378. The van der Waals surface area contributed by atoms with Crippen LogP contribution in [0.25, 0.3) is 10.2 Å². The Morgan fingerprint density at radius 2 is 2.07 bits per heavy atom. The number of fused-ring (bicyclic) bond motifs is 2. The van der Waals surface area contributed by atoms with Crippen molar-refractivity contribution in [3.63, 3.8) is 0 Å². The van der Waals surface area contributed by atoms with Crippen LogP contribution in [0.2, 0.25) is 0 Å². The summed E-state index contributed by atoms with van der Waals surface area (Å²) in [5.41, 5.74) is 1.05. The molecule has 2 aromatic heterocycles. The number of amides is 1. The van der Waals surface area contributed by atoms with Gasteiger partial charge in [-0.2, -0.15) is 0 Å². The summed E-state index contributed by atoms with van der Waals surface area (Å²) in [5, 5.41) is 3.62. The molecule has 1 amide bonds. The number of rotatable bonds is 2. The number of carbonyl (C=O) groups is 1. The Bertz CT molecular complexity index is 1110. The number of hydrogen-bond acceptors (Lipinski definition) is 5. The molecule has 1 aromatic carbocycles. The summed E-state index contributed by atoms with van der Waals surface area (Å²) in [7, 11) is 0. The van der Waals surface area contributed by atoms with Crippen molar-refractivity contribution >= 4 is 27.5 Å². The Morgan fingerprint density at radius 1 is 1.33 bits per heavy atom. The number of H-pyrrole nitrogens is 1. The first-order chi connectivity index (χ1) is 12.7. The lowest BCUT2D eigenvalue weighted by Crippen LogP contribution is -2.41. The van der Waals surface area contributed by atoms with Crippen LogP contribution in [0.4, 0.5) is 0 Å². The monoisotopic (exact) mass is 383 g/mol. The van der Waals surface area contributed by atoms with Gasteiger partial charge in [0.2, 0.25) is 0 Å². The van der Waals surface area contributed by atoms with Crippen molar-refractivity contribution in [3.05, 3.63) is 56.4 Å². The highest BCUT2D eigenvalue weighted by Gasteiger charge is 2.35. The fraction of sp³-hybridized carbons (Fsp3) is 0.350. The van der Waals surface area contributed by atoms with E-state index in [4.69, 9.17) is 4.74 Å². The van der Waals surface area contributed by atoms with Crippen molar-refractivity contribution in [2.24, 2.45) is 0 Å². The number of nitrogens with one attached hydrogen (secondary N) is 2. The number of carbonyl (C=O) groups excluding carboxylic acids is 1. The van der Waals surface area contributed by atoms with E-state index in [0.29, 0.717) is 32.9 Å². The second kappa shape index (κ2) is 6.20. The van der Waals surface area contributed by atoms with E-state index in [9.17, 15) is 9.59 Å². The molecule has 140 valence electrons. The SMILES string of the molecule is Cc1nc2sc(C(=O)N[C@@H]3CC(C)(C)Oc4ccccc43)c(C)c2c(=O)[nH]1. The lowest BCUT2D eigenvalue weighted by molar-refractivity contribution is 0.0621. The maximum Gasteiger partial charge on any atom is 0.262 e. The molecule has 0 fully saturated rings. The molecule has 1 aliphatic heterocycles. The van der Waals surface area contributed by atoms with Gasteiger partial charge < -0.3 is 15.0 Å². The summed E-state index contributed by atoms with van der Waals surface area (Å²) in [6.45, 7) is 7.55. The summed E-state index contributed by atoms with van der Waals surface area (Å²) in [5.74, 6) is 1.15. The Labute approximate surface area is 160 Å². The number of para-hydroxylation sites is 1. The minimum Gasteiger partial charge on any atom is -0.487 e. The third-order valence-electron chi connectivity index (χ3n) is 4.81. The van der Waals surface area contributed by atoms with Crippen molar-refractivity contribution < 1.29 is 9.53 Å². The highest BCUT2D eigenvalue weighted by molar-refractivity contribution is 7.20. The molecule has 4 rings (SSSR count). The van der Waals surface area contributed by atoms with E-state index in [2.05, 4.69) is 15.3 Å². The molecule has 0 saturated heterocycles. The smallest absolute Gasteiger partial charge is 0.262 e. The zero-order valence-corrected chi connectivity index (χ0v) is 16.5. The second-order valence-corrected chi connectivity index (χ2v) is 8.52. The van der Waals surface area contributed by atoms with Crippen LogP contribution in [0, 0.1) is 13.8 Å². The topological polar surface area (TPSA) is 84.1 Å². The van der Waals surface area contributed by atoms with E-state index in [-0.39, 0.29) is 23.1 Å². The van der Waals surface area contributed by atoms with Crippen LogP contribution < -0.4 is 15.6 Å². The van der Waals surface area contributed by atoms with E-state index in [1.54, 1.807) is 13.8 Å². The zero-order valence-electron chi connectivity index (χ0n) is 15.7. The van der Waals surface area contributed by atoms with E-state index < -0.39 is 0 Å². The molecule has 27 heavy (non-hydrogen) atoms. The number of ether oxygens (including phenoxy) is 1. The van der Waals surface area contributed by atoms with Crippen molar-refractivity contribution in [1.82, 2.24) is 15.3 Å². The normalized spacial score (nSPS) is 18.0. The van der Waals surface area contributed by atoms with Crippen molar-refractivity contribution in [3.8, 4) is 5.75 Å². The second-order valence-electron chi connectivity index (χ2n) is 7.52. The maximum absolute atomic E-state index is 13.0. The number of benzene rings is 1. The molecule has 3 heterocycles. The third-order valence-corrected chi connectivity index (χ3v) is 5.99. The highest BCUT2D eigenvalue weighted by atomic mass is 32.1. The Balaban J connectivity index is 1.71. The molecular formula is C20H21N3O3S. The molecule has 0 spiro atoms. The van der Waals surface area contributed by atoms with Crippen molar-refractivity contribution in [2.45, 2.75) is 45.8 Å². The standard InChI is InChI=1S/C20H21N3O3S/c1-10-15-17(24)21-11(2)22-19(15)27-16(10)18(25)23-13-9-20(3,4)26-14-8-6-5-7-12(13)14/h5-8,13H,9H2,1-4H3,(H,23,25)(H,21,22,24)/t13-/m1/s1. The number of nitrogens with zero attached hydrogens (tertiary/aromatic N) is 1. The Hall–Kier alpha value is -2.67. The molecule has 7 heteroatoms. The van der Waals surface area contributed by atoms with Gasteiger partial charge in [-0.1, -0.05) is 18.2 Å². The van der Waals surface area contributed by atoms with Gasteiger partial charge in [0, 0.05) is 12.0 Å². The number of aromatic amines is 1.